The smallest absolute Gasteiger partial charge is 0.310 e. The van der Waals surface area contributed by atoms with E-state index in [-0.39, 0.29) is 12.5 Å². The summed E-state index contributed by atoms with van der Waals surface area (Å²) >= 11 is 0. The molecule has 0 aliphatic heterocycles. The first-order chi connectivity index (χ1) is 9.29. The van der Waals surface area contributed by atoms with E-state index in [0.717, 1.165) is 16.5 Å². The maximum Gasteiger partial charge on any atom is 0.310 e. The molecule has 3 N–H and O–H groups in total. The number of hydrogen-bond donors (Lipinski definition) is 3. The molecule has 0 spiro atoms. The van der Waals surface area contributed by atoms with Crippen molar-refractivity contribution in [1.29, 1.82) is 0 Å². The lowest BCUT2D eigenvalue weighted by molar-refractivity contribution is -0.146. The number of hydrogen-bond acceptors (Lipinski definition) is 2. The summed E-state index contributed by atoms with van der Waals surface area (Å²) in [5.41, 5.74) is 1.45. The molecule has 1 heterocycles. The quantitative estimate of drug-likeness (QED) is 0.800. The molecule has 5 nitrogen and oxygen atoms in total. The Bertz CT molecular complexity index is 671. The van der Waals surface area contributed by atoms with E-state index in [4.69, 9.17) is 5.11 Å². The topological polar surface area (TPSA) is 82.2 Å². The number of fused-ring (bicyclic) bond motifs is 1. The number of carboxylic acid groups (broad SMARTS) is 1. The number of aromatic nitrogens is 1. The molecule has 1 aromatic heterocycles. The van der Waals surface area contributed by atoms with Gasteiger partial charge in [0.2, 0.25) is 0 Å². The van der Waals surface area contributed by atoms with Crippen molar-refractivity contribution in [3.8, 4) is 0 Å². The number of benzene rings is 1. The van der Waals surface area contributed by atoms with Crippen LogP contribution in [0.1, 0.15) is 29.9 Å². The Labute approximate surface area is 117 Å². The fourth-order valence-corrected chi connectivity index (χ4v) is 1.84. The lowest BCUT2D eigenvalue weighted by Crippen LogP contribution is -2.39. The van der Waals surface area contributed by atoms with Gasteiger partial charge in [-0.25, -0.2) is 0 Å². The van der Waals surface area contributed by atoms with Crippen molar-refractivity contribution < 1.29 is 14.7 Å². The number of carbonyl (C=O) groups is 2. The highest BCUT2D eigenvalue weighted by Crippen LogP contribution is 2.17. The third-order valence-electron chi connectivity index (χ3n) is 3.29. The third kappa shape index (κ3) is 2.82. The molecule has 0 aliphatic carbocycles. The maximum absolute atomic E-state index is 12.0. The van der Waals surface area contributed by atoms with E-state index in [1.54, 1.807) is 19.9 Å². The first kappa shape index (κ1) is 14.1. The normalized spacial score (nSPS) is 11.6. The van der Waals surface area contributed by atoms with Crippen molar-refractivity contribution in [1.82, 2.24) is 10.3 Å². The molecule has 0 unspecified atom stereocenters. The Hall–Kier alpha value is -2.30. The number of carbonyl (C=O) groups excluding carboxylic acids is 1. The summed E-state index contributed by atoms with van der Waals surface area (Å²) in [4.78, 5) is 26.1. The number of amides is 1. The molecule has 0 saturated heterocycles. The van der Waals surface area contributed by atoms with E-state index in [1.807, 2.05) is 25.1 Å². The Morgan fingerprint density at radius 3 is 2.65 bits per heavy atom. The molecule has 0 atom stereocenters. The third-order valence-corrected chi connectivity index (χ3v) is 3.29. The largest absolute Gasteiger partial charge is 0.481 e. The molecule has 5 heteroatoms. The van der Waals surface area contributed by atoms with Crippen LogP contribution >= 0.6 is 0 Å². The standard InChI is InChI=1S/C15H18N2O3/c1-9-4-5-10-7-12(17-11(10)6-9)13(18)16-8-15(2,3)14(19)20/h4-7,17H,8H2,1-3H3,(H,16,18)(H,19,20). The van der Waals surface area contributed by atoms with Crippen LogP contribution in [0.25, 0.3) is 10.9 Å². The maximum atomic E-state index is 12.0. The van der Waals surface area contributed by atoms with Crippen LogP contribution in [0, 0.1) is 12.3 Å². The van der Waals surface area contributed by atoms with Gasteiger partial charge < -0.3 is 15.4 Å². The number of aliphatic carboxylic acids is 1. The van der Waals surface area contributed by atoms with Gasteiger partial charge in [0, 0.05) is 17.4 Å². The van der Waals surface area contributed by atoms with E-state index in [9.17, 15) is 9.59 Å². The molecule has 20 heavy (non-hydrogen) atoms. The predicted octanol–water partition coefficient (Wildman–Crippen LogP) is 2.32. The summed E-state index contributed by atoms with van der Waals surface area (Å²) in [6.45, 7) is 5.21. The molecule has 1 amide bonds. The van der Waals surface area contributed by atoms with Gasteiger partial charge in [-0.15, -0.1) is 0 Å². The van der Waals surface area contributed by atoms with E-state index in [1.165, 1.54) is 0 Å². The van der Waals surface area contributed by atoms with E-state index in [2.05, 4.69) is 10.3 Å². The summed E-state index contributed by atoms with van der Waals surface area (Å²) in [5, 5.41) is 12.6. The molecular formula is C15H18N2O3. The summed E-state index contributed by atoms with van der Waals surface area (Å²) in [6.07, 6.45) is 0. The molecule has 2 aromatic rings. The SMILES string of the molecule is Cc1ccc2cc(C(=O)NCC(C)(C)C(=O)O)[nH]c2c1. The van der Waals surface area contributed by atoms with Crippen LogP contribution in [0.5, 0.6) is 0 Å². The lowest BCUT2D eigenvalue weighted by atomic mass is 9.94. The zero-order chi connectivity index (χ0) is 14.9. The zero-order valence-electron chi connectivity index (χ0n) is 11.8. The molecule has 0 radical (unpaired) electrons. The monoisotopic (exact) mass is 274 g/mol. The fourth-order valence-electron chi connectivity index (χ4n) is 1.84. The fraction of sp³-hybridized carbons (Fsp3) is 0.333. The number of H-pyrrole nitrogens is 1. The van der Waals surface area contributed by atoms with Crippen molar-refractivity contribution >= 4 is 22.8 Å². The van der Waals surface area contributed by atoms with Gasteiger partial charge in [0.15, 0.2) is 0 Å². The van der Waals surface area contributed by atoms with Crippen LogP contribution in [0.15, 0.2) is 24.3 Å². The van der Waals surface area contributed by atoms with Crippen LogP contribution in [0.2, 0.25) is 0 Å². The Morgan fingerprint density at radius 2 is 2.00 bits per heavy atom. The molecule has 0 aliphatic rings. The summed E-state index contributed by atoms with van der Waals surface area (Å²) in [6, 6.07) is 7.65. The van der Waals surface area contributed by atoms with Crippen LogP contribution in [0.3, 0.4) is 0 Å². The van der Waals surface area contributed by atoms with Crippen molar-refractivity contribution in [3.05, 3.63) is 35.5 Å². The zero-order valence-corrected chi connectivity index (χ0v) is 11.8. The van der Waals surface area contributed by atoms with Gasteiger partial charge in [-0.2, -0.15) is 0 Å². The van der Waals surface area contributed by atoms with Crippen molar-refractivity contribution in [2.45, 2.75) is 20.8 Å². The van der Waals surface area contributed by atoms with Gasteiger partial charge in [0.1, 0.15) is 5.69 Å². The van der Waals surface area contributed by atoms with Crippen LogP contribution in [-0.4, -0.2) is 28.5 Å². The minimum Gasteiger partial charge on any atom is -0.481 e. The number of carboxylic acids is 1. The van der Waals surface area contributed by atoms with Crippen molar-refractivity contribution in [2.75, 3.05) is 6.54 Å². The Kier molecular flexibility index (Phi) is 3.53. The second-order valence-corrected chi connectivity index (χ2v) is 5.65. The number of aromatic amines is 1. The van der Waals surface area contributed by atoms with Crippen molar-refractivity contribution in [3.63, 3.8) is 0 Å². The molecule has 1 aromatic carbocycles. The Balaban J connectivity index is 2.14. The van der Waals surface area contributed by atoms with Gasteiger partial charge in [-0.3, -0.25) is 9.59 Å². The average Bonchev–Trinajstić information content (AvgIpc) is 2.78. The van der Waals surface area contributed by atoms with Gasteiger partial charge in [0.25, 0.3) is 5.91 Å². The molecule has 2 rings (SSSR count). The first-order valence-electron chi connectivity index (χ1n) is 6.40. The number of aryl methyl sites for hydroxylation is 1. The second-order valence-electron chi connectivity index (χ2n) is 5.65. The number of rotatable bonds is 4. The second kappa shape index (κ2) is 5.00. The van der Waals surface area contributed by atoms with E-state index in [0.29, 0.717) is 5.69 Å². The van der Waals surface area contributed by atoms with Crippen LogP contribution < -0.4 is 5.32 Å². The highest BCUT2D eigenvalue weighted by atomic mass is 16.4. The van der Waals surface area contributed by atoms with E-state index >= 15 is 0 Å². The molecule has 0 bridgehead atoms. The van der Waals surface area contributed by atoms with Crippen molar-refractivity contribution in [2.24, 2.45) is 5.41 Å². The molecule has 106 valence electrons. The Morgan fingerprint density at radius 1 is 1.30 bits per heavy atom. The van der Waals surface area contributed by atoms with Crippen LogP contribution in [-0.2, 0) is 4.79 Å². The lowest BCUT2D eigenvalue weighted by Gasteiger charge is -2.19. The molecule has 0 fully saturated rings. The van der Waals surface area contributed by atoms with Gasteiger partial charge in [-0.05, 0) is 38.5 Å². The van der Waals surface area contributed by atoms with Gasteiger partial charge >= 0.3 is 5.97 Å². The predicted molar refractivity (Wildman–Crippen MR) is 76.8 cm³/mol. The molecular weight excluding hydrogens is 256 g/mol. The highest BCUT2D eigenvalue weighted by Gasteiger charge is 2.27. The summed E-state index contributed by atoms with van der Waals surface area (Å²) in [5.74, 6) is -1.24. The first-order valence-corrected chi connectivity index (χ1v) is 6.40. The minimum atomic E-state index is -0.988. The summed E-state index contributed by atoms with van der Waals surface area (Å²) < 4.78 is 0. The van der Waals surface area contributed by atoms with Gasteiger partial charge in [0.05, 0.1) is 5.41 Å². The minimum absolute atomic E-state index is 0.0789. The van der Waals surface area contributed by atoms with Crippen LogP contribution in [0.4, 0.5) is 0 Å². The van der Waals surface area contributed by atoms with E-state index < -0.39 is 11.4 Å². The van der Waals surface area contributed by atoms with Gasteiger partial charge in [-0.1, -0.05) is 12.1 Å². The average molecular weight is 274 g/mol. The molecule has 0 saturated carbocycles. The highest BCUT2D eigenvalue weighted by molar-refractivity contribution is 5.98. The summed E-state index contributed by atoms with van der Waals surface area (Å²) in [7, 11) is 0. The number of nitrogens with one attached hydrogen (secondary N) is 2.